The lowest BCUT2D eigenvalue weighted by molar-refractivity contribution is -0.328. The lowest BCUT2D eigenvalue weighted by atomic mass is 9.46. The number of pyridine rings is 1. The molecule has 11 heteroatoms. The van der Waals surface area contributed by atoms with Gasteiger partial charge in [-0.15, -0.1) is 0 Å². The van der Waals surface area contributed by atoms with Gasteiger partial charge in [0.05, 0.1) is 29.6 Å². The topological polar surface area (TPSA) is 140 Å². The first kappa shape index (κ1) is 36.2. The van der Waals surface area contributed by atoms with Gasteiger partial charge in [-0.2, -0.15) is 0 Å². The molecule has 5 aliphatic rings. The fourth-order valence-electron chi connectivity index (χ4n) is 12.0. The summed E-state index contributed by atoms with van der Waals surface area (Å²) in [5.41, 5.74) is -1.56. The Kier molecular flexibility index (Phi) is 9.04. The third kappa shape index (κ3) is 5.02. The summed E-state index contributed by atoms with van der Waals surface area (Å²) in [6.07, 6.45) is 3.37. The van der Waals surface area contributed by atoms with Gasteiger partial charge in [-0.3, -0.25) is 14.7 Å². The number of para-hydroxylation sites is 1. The SMILES string of the molecule is CCN1C[C@@](C)(OC(=O)c2ccccc2NC(=O)/C=C/c2cc(C)nc(C)c2)[C@H]2CC3[C@H]1C2([C@H](C)OC)[C@@H]1C[C@@H]2[C@@H](OC)C[C@@]3(O)[C@@]1(O)[C@H]2OC. The highest BCUT2D eigenvalue weighted by Crippen LogP contribution is 2.77. The number of aryl methyl sites for hydroxylation is 2. The molecule has 51 heavy (non-hydrogen) atoms. The number of piperidine rings is 1. The Morgan fingerprint density at radius 1 is 1.08 bits per heavy atom. The van der Waals surface area contributed by atoms with Crippen molar-refractivity contribution >= 4 is 23.6 Å². The van der Waals surface area contributed by atoms with Crippen LogP contribution in [0.15, 0.2) is 42.5 Å². The van der Waals surface area contributed by atoms with Gasteiger partial charge in [0.15, 0.2) is 0 Å². The molecule has 2 unspecified atom stereocenters. The highest BCUT2D eigenvalue weighted by Gasteiger charge is 2.87. The summed E-state index contributed by atoms with van der Waals surface area (Å²) in [7, 11) is 4.98. The second kappa shape index (κ2) is 12.7. The number of nitrogens with one attached hydrogen (secondary N) is 1. The van der Waals surface area contributed by atoms with Gasteiger partial charge in [0.25, 0.3) is 0 Å². The van der Waals surface area contributed by atoms with Crippen LogP contribution in [-0.2, 0) is 23.7 Å². The molecule has 1 aromatic heterocycles. The van der Waals surface area contributed by atoms with Gasteiger partial charge >= 0.3 is 5.97 Å². The van der Waals surface area contributed by atoms with Crippen molar-refractivity contribution < 1.29 is 38.7 Å². The van der Waals surface area contributed by atoms with Gasteiger partial charge in [0, 0.05) is 86.9 Å². The maximum atomic E-state index is 14.4. The van der Waals surface area contributed by atoms with Crippen LogP contribution >= 0.6 is 0 Å². The summed E-state index contributed by atoms with van der Waals surface area (Å²) >= 11 is 0. The zero-order chi connectivity index (χ0) is 36.7. The zero-order valence-corrected chi connectivity index (χ0v) is 31.0. The number of methoxy groups -OCH3 is 3. The van der Waals surface area contributed by atoms with Gasteiger partial charge < -0.3 is 34.5 Å². The molecule has 1 amide bonds. The number of ether oxygens (including phenoxy) is 4. The lowest BCUT2D eigenvalue weighted by Gasteiger charge is -2.68. The quantitative estimate of drug-likeness (QED) is 0.244. The van der Waals surface area contributed by atoms with E-state index in [-0.39, 0.29) is 47.5 Å². The van der Waals surface area contributed by atoms with Crippen molar-refractivity contribution in [3.05, 3.63) is 65.0 Å². The number of carbonyl (C=O) groups excluding carboxylic acids is 2. The highest BCUT2D eigenvalue weighted by atomic mass is 16.6. The molecule has 276 valence electrons. The largest absolute Gasteiger partial charge is 0.454 e. The second-order valence-electron chi connectivity index (χ2n) is 15.9. The number of likely N-dealkylation sites (N-methyl/N-ethyl adjacent to an activating group) is 1. The number of fused-ring (bicyclic) bond motifs is 2. The number of esters is 1. The molecule has 4 saturated carbocycles. The Bertz CT molecular complexity index is 1710. The summed E-state index contributed by atoms with van der Waals surface area (Å²) in [5, 5.41) is 28.8. The van der Waals surface area contributed by atoms with Gasteiger partial charge in [-0.25, -0.2) is 4.79 Å². The number of amides is 1. The van der Waals surface area contributed by atoms with Crippen LogP contribution in [0.4, 0.5) is 5.69 Å². The molecule has 6 bridgehead atoms. The Morgan fingerprint density at radius 3 is 2.43 bits per heavy atom. The Morgan fingerprint density at radius 2 is 1.78 bits per heavy atom. The fourth-order valence-corrected chi connectivity index (χ4v) is 12.0. The highest BCUT2D eigenvalue weighted by molar-refractivity contribution is 6.06. The van der Waals surface area contributed by atoms with Gasteiger partial charge in [-0.1, -0.05) is 19.1 Å². The van der Waals surface area contributed by atoms with Crippen LogP contribution in [0, 0.1) is 42.9 Å². The first-order valence-electron chi connectivity index (χ1n) is 18.3. The maximum Gasteiger partial charge on any atom is 0.340 e. The van der Waals surface area contributed by atoms with Crippen molar-refractivity contribution in [1.82, 2.24) is 9.88 Å². The Balaban J connectivity index is 1.24. The predicted octanol–water partition coefficient (Wildman–Crippen LogP) is 4.17. The zero-order valence-electron chi connectivity index (χ0n) is 31.0. The van der Waals surface area contributed by atoms with Crippen molar-refractivity contribution in [1.29, 1.82) is 0 Å². The molecular weight excluding hydrogens is 650 g/mol. The molecule has 2 heterocycles. The molecule has 3 N–H and O–H groups in total. The molecule has 12 atom stereocenters. The van der Waals surface area contributed by atoms with E-state index >= 15 is 0 Å². The van der Waals surface area contributed by atoms with Gasteiger partial charge in [0.1, 0.15) is 16.8 Å². The molecule has 2 aromatic rings. The average molecular weight is 704 g/mol. The van der Waals surface area contributed by atoms with Crippen LogP contribution in [-0.4, -0.2) is 108 Å². The first-order valence-corrected chi connectivity index (χ1v) is 18.3. The van der Waals surface area contributed by atoms with E-state index in [0.717, 1.165) is 17.0 Å². The van der Waals surface area contributed by atoms with Crippen LogP contribution < -0.4 is 5.32 Å². The minimum Gasteiger partial charge on any atom is -0.454 e. The third-order valence-corrected chi connectivity index (χ3v) is 13.7. The number of aliphatic hydroxyl groups is 2. The van der Waals surface area contributed by atoms with Crippen LogP contribution in [0.5, 0.6) is 0 Å². The summed E-state index contributed by atoms with van der Waals surface area (Å²) < 4.78 is 25.0. The molecule has 4 aliphatic carbocycles. The fraction of sp³-hybridized carbons (Fsp3) is 0.625. The molecule has 11 nitrogen and oxygen atoms in total. The number of nitrogens with zero attached hydrogens (tertiary/aromatic N) is 2. The summed E-state index contributed by atoms with van der Waals surface area (Å²) in [5.74, 6) is -2.05. The van der Waals surface area contributed by atoms with Crippen LogP contribution in [0.2, 0.25) is 0 Å². The predicted molar refractivity (Wildman–Crippen MR) is 191 cm³/mol. The molecule has 1 saturated heterocycles. The van der Waals surface area contributed by atoms with E-state index in [4.69, 9.17) is 18.9 Å². The van der Waals surface area contributed by atoms with Crippen molar-refractivity contribution in [2.24, 2.45) is 29.1 Å². The number of hydrogen-bond acceptors (Lipinski definition) is 10. The number of hydrogen-bond donors (Lipinski definition) is 3. The third-order valence-electron chi connectivity index (χ3n) is 13.7. The van der Waals surface area contributed by atoms with E-state index in [2.05, 4.69) is 29.0 Å². The number of likely N-dealkylation sites (tertiary alicyclic amines) is 1. The smallest absolute Gasteiger partial charge is 0.340 e. The van der Waals surface area contributed by atoms with Crippen LogP contribution in [0.1, 0.15) is 67.3 Å². The molecule has 1 aromatic carbocycles. The average Bonchev–Trinajstić information content (AvgIpc) is 3.53. The van der Waals surface area contributed by atoms with Crippen molar-refractivity contribution in [2.75, 3.05) is 39.7 Å². The van der Waals surface area contributed by atoms with E-state index in [1.165, 1.54) is 6.08 Å². The minimum atomic E-state index is -1.54. The van der Waals surface area contributed by atoms with E-state index in [1.807, 2.05) is 32.9 Å². The van der Waals surface area contributed by atoms with E-state index < -0.39 is 40.2 Å². The maximum absolute atomic E-state index is 14.4. The minimum absolute atomic E-state index is 0.115. The van der Waals surface area contributed by atoms with Crippen LogP contribution in [0.3, 0.4) is 0 Å². The molecular formula is C40H53N3O8. The molecule has 0 spiro atoms. The van der Waals surface area contributed by atoms with Crippen molar-refractivity contribution in [3.8, 4) is 0 Å². The first-order chi connectivity index (χ1) is 24.2. The Hall–Kier alpha value is -3.19. The summed E-state index contributed by atoms with van der Waals surface area (Å²) in [6, 6.07) is 10.5. The standard InChI is InChI=1S/C40H53N3O8/c1-9-43-21-37(5,51-36(45)26-12-10-11-13-29(26)42-33(44)15-14-25-16-22(2)41-23(3)17-25)31-19-28-34(43)39(31,24(4)48-6)32-18-27-30(49-7)20-38(28,46)40(32,47)35(27)50-8/h10-17,24,27-28,30-32,34-35,46-47H,9,18-21H2,1-8H3,(H,42,44)/b15-14+/t24-,27+,28?,30-,31+,32-,34-,35-,37+,38-,39?,40-/m0/s1. The molecule has 7 rings (SSSR count). The van der Waals surface area contributed by atoms with Crippen molar-refractivity contribution in [2.45, 2.75) is 95.0 Å². The van der Waals surface area contributed by atoms with E-state index in [0.29, 0.717) is 38.0 Å². The molecule has 0 radical (unpaired) electrons. The normalized spacial score (nSPS) is 40.0. The Labute approximate surface area is 300 Å². The number of benzene rings is 1. The monoisotopic (exact) mass is 703 g/mol. The second-order valence-corrected chi connectivity index (χ2v) is 15.9. The molecule has 5 fully saturated rings. The van der Waals surface area contributed by atoms with Crippen LogP contribution in [0.25, 0.3) is 6.08 Å². The van der Waals surface area contributed by atoms with Gasteiger partial charge in [-0.05, 0) is 83.0 Å². The lowest BCUT2D eigenvalue weighted by Crippen LogP contribution is -2.81. The van der Waals surface area contributed by atoms with E-state index in [1.54, 1.807) is 51.7 Å². The molecule has 1 aliphatic heterocycles. The number of anilines is 1. The summed E-state index contributed by atoms with van der Waals surface area (Å²) in [6.45, 7) is 11.1. The van der Waals surface area contributed by atoms with Gasteiger partial charge in [0.2, 0.25) is 5.91 Å². The number of rotatable bonds is 10. The van der Waals surface area contributed by atoms with Crippen molar-refractivity contribution in [3.63, 3.8) is 0 Å². The number of aromatic nitrogens is 1. The van der Waals surface area contributed by atoms with E-state index in [9.17, 15) is 19.8 Å². The summed E-state index contributed by atoms with van der Waals surface area (Å²) in [4.78, 5) is 34.2. The number of carbonyl (C=O) groups is 2.